The monoisotopic (exact) mass is 261 g/mol. The molecule has 5 heteroatoms. The van der Waals surface area contributed by atoms with Gasteiger partial charge in [0.2, 0.25) is 0 Å². The van der Waals surface area contributed by atoms with E-state index in [4.69, 9.17) is 4.74 Å². The summed E-state index contributed by atoms with van der Waals surface area (Å²) in [6, 6.07) is 0. The van der Waals surface area contributed by atoms with Crippen molar-refractivity contribution in [3.8, 4) is 0 Å². The van der Waals surface area contributed by atoms with Crippen molar-refractivity contribution in [2.24, 2.45) is 5.92 Å². The number of hydrogen-bond acceptors (Lipinski definition) is 5. The fraction of sp³-hybridized carbons (Fsp3) is 0.643. The maximum Gasteiger partial charge on any atom is 0.310 e. The molecule has 1 aliphatic carbocycles. The lowest BCUT2D eigenvalue weighted by Crippen LogP contribution is -2.40. The summed E-state index contributed by atoms with van der Waals surface area (Å²) in [5.41, 5.74) is 2.47. The highest BCUT2D eigenvalue weighted by molar-refractivity contribution is 5.73. The summed E-state index contributed by atoms with van der Waals surface area (Å²) >= 11 is 0. The Balaban J connectivity index is 1.82. The van der Waals surface area contributed by atoms with E-state index in [2.05, 4.69) is 14.9 Å². The van der Waals surface area contributed by atoms with Gasteiger partial charge in [0.05, 0.1) is 13.0 Å². The molecule has 0 saturated carbocycles. The van der Waals surface area contributed by atoms with Crippen molar-refractivity contribution in [3.63, 3.8) is 0 Å². The molecule has 1 aliphatic heterocycles. The van der Waals surface area contributed by atoms with Gasteiger partial charge in [0.15, 0.2) is 0 Å². The van der Waals surface area contributed by atoms with Crippen molar-refractivity contribution in [1.29, 1.82) is 0 Å². The molecule has 0 bridgehead atoms. The van der Waals surface area contributed by atoms with Gasteiger partial charge in [0.25, 0.3) is 0 Å². The number of anilines is 1. The van der Waals surface area contributed by atoms with Gasteiger partial charge in [0, 0.05) is 24.3 Å². The van der Waals surface area contributed by atoms with E-state index in [0.29, 0.717) is 0 Å². The predicted molar refractivity (Wildman–Crippen MR) is 71.0 cm³/mol. The summed E-state index contributed by atoms with van der Waals surface area (Å²) in [5, 5.41) is 0. The SMILES string of the molecule is COC(=O)C1CCCN(c2ncnc3c2CCC3)C1. The summed E-state index contributed by atoms with van der Waals surface area (Å²) in [7, 11) is 1.46. The van der Waals surface area contributed by atoms with Crippen LogP contribution < -0.4 is 4.90 Å². The van der Waals surface area contributed by atoms with Gasteiger partial charge in [-0.1, -0.05) is 0 Å². The molecule has 19 heavy (non-hydrogen) atoms. The number of carbonyl (C=O) groups is 1. The van der Waals surface area contributed by atoms with Gasteiger partial charge in [0.1, 0.15) is 12.1 Å². The molecule has 1 saturated heterocycles. The van der Waals surface area contributed by atoms with E-state index in [1.165, 1.54) is 18.4 Å². The number of carbonyl (C=O) groups excluding carboxylic acids is 1. The van der Waals surface area contributed by atoms with Crippen LogP contribution in [0.2, 0.25) is 0 Å². The molecule has 2 heterocycles. The van der Waals surface area contributed by atoms with Crippen LogP contribution in [0.25, 0.3) is 0 Å². The van der Waals surface area contributed by atoms with Gasteiger partial charge < -0.3 is 9.64 Å². The van der Waals surface area contributed by atoms with E-state index in [0.717, 1.165) is 51.0 Å². The Hall–Kier alpha value is -1.65. The van der Waals surface area contributed by atoms with Crippen LogP contribution >= 0.6 is 0 Å². The van der Waals surface area contributed by atoms with Crippen molar-refractivity contribution < 1.29 is 9.53 Å². The van der Waals surface area contributed by atoms with Gasteiger partial charge in [-0.2, -0.15) is 0 Å². The lowest BCUT2D eigenvalue weighted by atomic mass is 9.98. The van der Waals surface area contributed by atoms with Crippen molar-refractivity contribution in [1.82, 2.24) is 9.97 Å². The number of ether oxygens (including phenoxy) is 1. The van der Waals surface area contributed by atoms with E-state index in [9.17, 15) is 4.79 Å². The quantitative estimate of drug-likeness (QED) is 0.752. The average molecular weight is 261 g/mol. The molecule has 0 spiro atoms. The van der Waals surface area contributed by atoms with Crippen LogP contribution in [0.5, 0.6) is 0 Å². The molecule has 1 atom stereocenters. The molecule has 0 N–H and O–H groups in total. The van der Waals surface area contributed by atoms with Crippen molar-refractivity contribution in [3.05, 3.63) is 17.6 Å². The average Bonchev–Trinajstić information content (AvgIpc) is 2.94. The number of hydrogen-bond donors (Lipinski definition) is 0. The summed E-state index contributed by atoms with van der Waals surface area (Å²) in [6.07, 6.45) is 6.86. The van der Waals surface area contributed by atoms with Crippen molar-refractivity contribution >= 4 is 11.8 Å². The summed E-state index contributed by atoms with van der Waals surface area (Å²) in [5.74, 6) is 0.914. The van der Waals surface area contributed by atoms with Crippen LogP contribution in [0.3, 0.4) is 0 Å². The lowest BCUT2D eigenvalue weighted by Gasteiger charge is -2.33. The van der Waals surface area contributed by atoms with Crippen LogP contribution in [-0.2, 0) is 22.4 Å². The first-order valence-corrected chi connectivity index (χ1v) is 6.95. The van der Waals surface area contributed by atoms with Crippen LogP contribution in [0, 0.1) is 5.92 Å². The van der Waals surface area contributed by atoms with Crippen LogP contribution in [0.1, 0.15) is 30.5 Å². The van der Waals surface area contributed by atoms with Crippen LogP contribution in [0.15, 0.2) is 6.33 Å². The molecule has 3 rings (SSSR count). The second-order valence-electron chi connectivity index (χ2n) is 5.28. The zero-order valence-corrected chi connectivity index (χ0v) is 11.3. The van der Waals surface area contributed by atoms with Gasteiger partial charge in [-0.15, -0.1) is 0 Å². The molecule has 1 fully saturated rings. The number of nitrogens with zero attached hydrogens (tertiary/aromatic N) is 3. The highest BCUT2D eigenvalue weighted by Crippen LogP contribution is 2.30. The van der Waals surface area contributed by atoms with E-state index >= 15 is 0 Å². The Morgan fingerprint density at radius 3 is 3.11 bits per heavy atom. The Bertz CT molecular complexity index is 490. The first-order valence-electron chi connectivity index (χ1n) is 6.95. The molecule has 0 amide bonds. The topological polar surface area (TPSA) is 55.3 Å². The van der Waals surface area contributed by atoms with Crippen LogP contribution in [-0.4, -0.2) is 36.1 Å². The Morgan fingerprint density at radius 1 is 1.37 bits per heavy atom. The summed E-state index contributed by atoms with van der Waals surface area (Å²) in [6.45, 7) is 1.69. The maximum atomic E-state index is 11.7. The molecule has 5 nitrogen and oxygen atoms in total. The van der Waals surface area contributed by atoms with Crippen molar-refractivity contribution in [2.75, 3.05) is 25.1 Å². The molecule has 1 aromatic heterocycles. The van der Waals surface area contributed by atoms with Crippen LogP contribution in [0.4, 0.5) is 5.82 Å². The van der Waals surface area contributed by atoms with E-state index in [-0.39, 0.29) is 11.9 Å². The zero-order chi connectivity index (χ0) is 13.2. The minimum Gasteiger partial charge on any atom is -0.469 e. The number of aromatic nitrogens is 2. The molecular weight excluding hydrogens is 242 g/mol. The van der Waals surface area contributed by atoms with E-state index in [1.54, 1.807) is 6.33 Å². The Morgan fingerprint density at radius 2 is 2.26 bits per heavy atom. The smallest absolute Gasteiger partial charge is 0.310 e. The largest absolute Gasteiger partial charge is 0.469 e. The highest BCUT2D eigenvalue weighted by atomic mass is 16.5. The molecule has 2 aliphatic rings. The third-order valence-corrected chi connectivity index (χ3v) is 4.11. The number of methoxy groups -OCH3 is 1. The second-order valence-corrected chi connectivity index (χ2v) is 5.28. The number of aryl methyl sites for hydroxylation is 1. The molecular formula is C14H19N3O2. The Kier molecular flexibility index (Phi) is 3.36. The number of piperidine rings is 1. The zero-order valence-electron chi connectivity index (χ0n) is 11.3. The normalized spacial score (nSPS) is 22.2. The molecule has 1 unspecified atom stereocenters. The third kappa shape index (κ3) is 2.29. The first-order chi connectivity index (χ1) is 9.29. The molecule has 1 aromatic rings. The predicted octanol–water partition coefficient (Wildman–Crippen LogP) is 1.35. The van der Waals surface area contributed by atoms with Gasteiger partial charge in [-0.25, -0.2) is 9.97 Å². The molecule has 102 valence electrons. The number of esters is 1. The molecule has 0 aromatic carbocycles. The van der Waals surface area contributed by atoms with E-state index < -0.39 is 0 Å². The second kappa shape index (κ2) is 5.15. The Labute approximate surface area is 113 Å². The van der Waals surface area contributed by atoms with Gasteiger partial charge >= 0.3 is 5.97 Å². The number of fused-ring (bicyclic) bond motifs is 1. The van der Waals surface area contributed by atoms with Gasteiger partial charge in [-0.05, 0) is 32.1 Å². The summed E-state index contributed by atoms with van der Waals surface area (Å²) in [4.78, 5) is 22.7. The highest BCUT2D eigenvalue weighted by Gasteiger charge is 2.29. The third-order valence-electron chi connectivity index (χ3n) is 4.11. The van der Waals surface area contributed by atoms with E-state index in [1.807, 2.05) is 0 Å². The first kappa shape index (κ1) is 12.4. The fourth-order valence-electron chi connectivity index (χ4n) is 3.14. The van der Waals surface area contributed by atoms with Gasteiger partial charge in [-0.3, -0.25) is 4.79 Å². The molecule has 0 radical (unpaired) electrons. The standard InChI is InChI=1S/C14H19N3O2/c1-19-14(18)10-4-3-7-17(8-10)13-11-5-2-6-12(11)15-9-16-13/h9-10H,2-8H2,1H3. The maximum absolute atomic E-state index is 11.7. The lowest BCUT2D eigenvalue weighted by molar-refractivity contribution is -0.145. The minimum absolute atomic E-state index is 0.0224. The fourth-order valence-corrected chi connectivity index (χ4v) is 3.14. The summed E-state index contributed by atoms with van der Waals surface area (Å²) < 4.78 is 4.87. The minimum atomic E-state index is -0.101. The van der Waals surface area contributed by atoms with Crippen molar-refractivity contribution in [2.45, 2.75) is 32.1 Å². The number of rotatable bonds is 2.